The summed E-state index contributed by atoms with van der Waals surface area (Å²) in [6.45, 7) is 2.04. The van der Waals surface area contributed by atoms with Crippen LogP contribution >= 0.6 is 0 Å². The Morgan fingerprint density at radius 2 is 1.87 bits per heavy atom. The first-order valence-electron chi connectivity index (χ1n) is 6.13. The number of imidazole rings is 1. The number of H-pyrrole nitrogens is 1. The van der Waals surface area contributed by atoms with Crippen molar-refractivity contribution in [2.45, 2.75) is 57.9 Å². The SMILES string of the molecule is Cc1cnc(NC2CCCCCCC2)[nH]1. The predicted octanol–water partition coefficient (Wildman–Crippen LogP) is 3.24. The summed E-state index contributed by atoms with van der Waals surface area (Å²) in [4.78, 5) is 7.53. The second-order valence-corrected chi connectivity index (χ2v) is 4.60. The Balaban J connectivity index is 1.86. The molecule has 0 bridgehead atoms. The highest BCUT2D eigenvalue weighted by Crippen LogP contribution is 2.19. The zero-order valence-corrected chi connectivity index (χ0v) is 9.55. The first-order valence-corrected chi connectivity index (χ1v) is 6.13. The summed E-state index contributed by atoms with van der Waals surface area (Å²) < 4.78 is 0. The second-order valence-electron chi connectivity index (χ2n) is 4.60. The predicted molar refractivity (Wildman–Crippen MR) is 63.1 cm³/mol. The minimum Gasteiger partial charge on any atom is -0.353 e. The third kappa shape index (κ3) is 3.26. The van der Waals surface area contributed by atoms with Gasteiger partial charge in [0.1, 0.15) is 0 Å². The molecule has 0 amide bonds. The molecule has 2 N–H and O–H groups in total. The van der Waals surface area contributed by atoms with Gasteiger partial charge in [-0.25, -0.2) is 4.98 Å². The van der Waals surface area contributed by atoms with Gasteiger partial charge in [-0.15, -0.1) is 0 Å². The topological polar surface area (TPSA) is 40.7 Å². The standard InChI is InChI=1S/C12H21N3/c1-10-9-13-12(14-10)15-11-7-5-3-2-4-6-8-11/h9,11H,2-8H2,1H3,(H2,13,14,15). The Bertz CT molecular complexity index is 285. The van der Waals surface area contributed by atoms with E-state index in [9.17, 15) is 0 Å². The lowest BCUT2D eigenvalue weighted by molar-refractivity contribution is 0.470. The number of hydrogen-bond donors (Lipinski definition) is 2. The molecule has 1 aromatic heterocycles. The first kappa shape index (κ1) is 10.5. The lowest BCUT2D eigenvalue weighted by Gasteiger charge is -2.20. The van der Waals surface area contributed by atoms with Crippen LogP contribution < -0.4 is 5.32 Å². The van der Waals surface area contributed by atoms with Gasteiger partial charge in [0.15, 0.2) is 0 Å². The van der Waals surface area contributed by atoms with Crippen LogP contribution in [0.2, 0.25) is 0 Å². The zero-order chi connectivity index (χ0) is 10.5. The zero-order valence-electron chi connectivity index (χ0n) is 9.55. The average molecular weight is 207 g/mol. The third-order valence-electron chi connectivity index (χ3n) is 3.15. The van der Waals surface area contributed by atoms with Crippen LogP contribution in [0.4, 0.5) is 5.95 Å². The van der Waals surface area contributed by atoms with E-state index in [0.717, 1.165) is 11.6 Å². The fraction of sp³-hybridized carbons (Fsp3) is 0.750. The molecule has 1 aliphatic carbocycles. The Morgan fingerprint density at radius 3 is 2.47 bits per heavy atom. The van der Waals surface area contributed by atoms with Crippen LogP contribution in [0.25, 0.3) is 0 Å². The highest BCUT2D eigenvalue weighted by molar-refractivity contribution is 5.27. The van der Waals surface area contributed by atoms with Gasteiger partial charge in [0.25, 0.3) is 0 Å². The van der Waals surface area contributed by atoms with Crippen LogP contribution in [-0.4, -0.2) is 16.0 Å². The molecule has 0 saturated heterocycles. The number of rotatable bonds is 2. The molecule has 0 radical (unpaired) electrons. The van der Waals surface area contributed by atoms with Crippen LogP contribution in [0.5, 0.6) is 0 Å². The lowest BCUT2D eigenvalue weighted by Crippen LogP contribution is -2.21. The molecule has 1 aliphatic rings. The molecule has 0 aliphatic heterocycles. The summed E-state index contributed by atoms with van der Waals surface area (Å²) in [5, 5.41) is 3.50. The van der Waals surface area contributed by atoms with E-state index >= 15 is 0 Å². The minimum absolute atomic E-state index is 0.621. The van der Waals surface area contributed by atoms with Gasteiger partial charge < -0.3 is 10.3 Å². The monoisotopic (exact) mass is 207 g/mol. The van der Waals surface area contributed by atoms with Crippen LogP contribution in [-0.2, 0) is 0 Å². The minimum atomic E-state index is 0.621. The smallest absolute Gasteiger partial charge is 0.200 e. The molecule has 1 heterocycles. The molecule has 1 aromatic rings. The number of aromatic nitrogens is 2. The van der Waals surface area contributed by atoms with E-state index in [1.54, 1.807) is 0 Å². The summed E-state index contributed by atoms with van der Waals surface area (Å²) in [6.07, 6.45) is 11.4. The Labute approximate surface area is 91.7 Å². The molecule has 0 atom stereocenters. The van der Waals surface area contributed by atoms with Gasteiger partial charge >= 0.3 is 0 Å². The Kier molecular flexibility index (Phi) is 3.64. The van der Waals surface area contributed by atoms with E-state index in [1.807, 2.05) is 13.1 Å². The third-order valence-corrected chi connectivity index (χ3v) is 3.15. The maximum absolute atomic E-state index is 4.30. The number of hydrogen-bond acceptors (Lipinski definition) is 2. The summed E-state index contributed by atoms with van der Waals surface area (Å²) in [7, 11) is 0. The van der Waals surface area contributed by atoms with Gasteiger partial charge in [-0.1, -0.05) is 32.1 Å². The number of nitrogens with zero attached hydrogens (tertiary/aromatic N) is 1. The highest BCUT2D eigenvalue weighted by atomic mass is 15.1. The van der Waals surface area contributed by atoms with Crippen molar-refractivity contribution < 1.29 is 0 Å². The maximum Gasteiger partial charge on any atom is 0.200 e. The van der Waals surface area contributed by atoms with E-state index in [2.05, 4.69) is 15.3 Å². The normalized spacial score (nSPS) is 19.5. The molecule has 1 saturated carbocycles. The van der Waals surface area contributed by atoms with Crippen LogP contribution in [0.15, 0.2) is 6.20 Å². The second kappa shape index (κ2) is 5.19. The molecule has 84 valence electrons. The molecule has 0 aromatic carbocycles. The van der Waals surface area contributed by atoms with Crippen LogP contribution in [0.3, 0.4) is 0 Å². The number of aryl methyl sites for hydroxylation is 1. The summed E-state index contributed by atoms with van der Waals surface area (Å²) in [5.74, 6) is 0.943. The van der Waals surface area contributed by atoms with Gasteiger partial charge in [0.05, 0.1) is 0 Å². The van der Waals surface area contributed by atoms with E-state index in [4.69, 9.17) is 0 Å². The highest BCUT2D eigenvalue weighted by Gasteiger charge is 2.11. The van der Waals surface area contributed by atoms with Crippen molar-refractivity contribution >= 4 is 5.95 Å². The van der Waals surface area contributed by atoms with Crippen molar-refractivity contribution in [3.05, 3.63) is 11.9 Å². The molecule has 2 rings (SSSR count). The number of nitrogens with one attached hydrogen (secondary N) is 2. The summed E-state index contributed by atoms with van der Waals surface area (Å²) in [6, 6.07) is 0.621. The Hall–Kier alpha value is -0.990. The summed E-state index contributed by atoms with van der Waals surface area (Å²) in [5.41, 5.74) is 1.13. The molecule has 1 fully saturated rings. The maximum atomic E-state index is 4.30. The molecule has 3 nitrogen and oxygen atoms in total. The first-order chi connectivity index (χ1) is 7.34. The van der Waals surface area contributed by atoms with Gasteiger partial charge in [0.2, 0.25) is 5.95 Å². The van der Waals surface area contributed by atoms with Crippen molar-refractivity contribution in [1.82, 2.24) is 9.97 Å². The lowest BCUT2D eigenvalue weighted by atomic mass is 9.97. The van der Waals surface area contributed by atoms with Crippen molar-refractivity contribution in [2.24, 2.45) is 0 Å². The largest absolute Gasteiger partial charge is 0.353 e. The van der Waals surface area contributed by atoms with E-state index in [1.165, 1.54) is 44.9 Å². The van der Waals surface area contributed by atoms with Gasteiger partial charge in [-0.05, 0) is 19.8 Å². The number of anilines is 1. The van der Waals surface area contributed by atoms with Crippen LogP contribution in [0, 0.1) is 6.92 Å². The molecular formula is C12H21N3. The molecule has 3 heteroatoms. The van der Waals surface area contributed by atoms with E-state index < -0.39 is 0 Å². The fourth-order valence-corrected chi connectivity index (χ4v) is 2.28. The summed E-state index contributed by atoms with van der Waals surface area (Å²) >= 11 is 0. The van der Waals surface area contributed by atoms with Crippen molar-refractivity contribution in [2.75, 3.05) is 5.32 Å². The molecule has 0 unspecified atom stereocenters. The van der Waals surface area contributed by atoms with Gasteiger partial charge in [0, 0.05) is 17.9 Å². The average Bonchev–Trinajstić information content (AvgIpc) is 2.56. The van der Waals surface area contributed by atoms with Crippen molar-refractivity contribution in [1.29, 1.82) is 0 Å². The van der Waals surface area contributed by atoms with Gasteiger partial charge in [-0.3, -0.25) is 0 Å². The molecule has 0 spiro atoms. The molecule has 15 heavy (non-hydrogen) atoms. The number of aromatic amines is 1. The van der Waals surface area contributed by atoms with Crippen LogP contribution in [0.1, 0.15) is 50.6 Å². The van der Waals surface area contributed by atoms with E-state index in [-0.39, 0.29) is 0 Å². The molecular weight excluding hydrogens is 186 g/mol. The van der Waals surface area contributed by atoms with E-state index in [0.29, 0.717) is 6.04 Å². The fourth-order valence-electron chi connectivity index (χ4n) is 2.28. The van der Waals surface area contributed by atoms with Gasteiger partial charge in [-0.2, -0.15) is 0 Å². The Morgan fingerprint density at radius 1 is 1.20 bits per heavy atom. The van der Waals surface area contributed by atoms with Crippen molar-refractivity contribution in [3.63, 3.8) is 0 Å². The van der Waals surface area contributed by atoms with Crippen molar-refractivity contribution in [3.8, 4) is 0 Å². The quantitative estimate of drug-likeness (QED) is 0.781.